The Hall–Kier alpha value is -1.50. The van der Waals surface area contributed by atoms with Crippen molar-refractivity contribution >= 4 is 41.6 Å². The van der Waals surface area contributed by atoms with Crippen LogP contribution in [0.5, 0.6) is 5.75 Å². The molecule has 2 aromatic carbocycles. The second kappa shape index (κ2) is 11.8. The van der Waals surface area contributed by atoms with Gasteiger partial charge in [0.05, 0.1) is 24.2 Å². The third-order valence-electron chi connectivity index (χ3n) is 5.07. The lowest BCUT2D eigenvalue weighted by molar-refractivity contribution is -0.137. The number of hydrogen-bond acceptors (Lipinski definition) is 4. The van der Waals surface area contributed by atoms with Gasteiger partial charge in [-0.1, -0.05) is 48.3 Å². The molecule has 8 heteroatoms. The van der Waals surface area contributed by atoms with Gasteiger partial charge in [0.1, 0.15) is 12.4 Å². The van der Waals surface area contributed by atoms with Gasteiger partial charge in [-0.25, -0.2) is 0 Å². The lowest BCUT2D eigenvalue weighted by Gasteiger charge is -2.32. The van der Waals surface area contributed by atoms with E-state index in [1.165, 1.54) is 0 Å². The van der Waals surface area contributed by atoms with Gasteiger partial charge >= 0.3 is 5.97 Å². The molecule has 1 atom stereocenters. The van der Waals surface area contributed by atoms with Crippen LogP contribution in [0.15, 0.2) is 36.4 Å². The normalized spacial score (nSPS) is 16.7. The average Bonchev–Trinajstić information content (AvgIpc) is 2.73. The number of carboxylic acids is 1. The molecule has 0 radical (unpaired) electrons. The smallest absolute Gasteiger partial charge is 0.304 e. The predicted octanol–water partition coefficient (Wildman–Crippen LogP) is 5.40. The van der Waals surface area contributed by atoms with Crippen LogP contribution in [0.1, 0.15) is 36.1 Å². The molecule has 0 saturated carbocycles. The highest BCUT2D eigenvalue weighted by Gasteiger charge is 2.22. The number of morpholine rings is 1. The van der Waals surface area contributed by atoms with Gasteiger partial charge in [-0.05, 0) is 35.7 Å². The molecule has 1 aliphatic heterocycles. The van der Waals surface area contributed by atoms with Gasteiger partial charge in [0, 0.05) is 30.2 Å². The van der Waals surface area contributed by atoms with E-state index in [0.29, 0.717) is 36.3 Å². The molecule has 1 unspecified atom stereocenters. The van der Waals surface area contributed by atoms with Crippen LogP contribution in [0.2, 0.25) is 10.0 Å². The fourth-order valence-electron chi connectivity index (χ4n) is 3.35. The highest BCUT2D eigenvalue weighted by molar-refractivity contribution is 6.36. The Morgan fingerprint density at radius 1 is 1.23 bits per heavy atom. The van der Waals surface area contributed by atoms with Crippen LogP contribution >= 0.6 is 35.6 Å². The second-order valence-electron chi connectivity index (χ2n) is 7.01. The Morgan fingerprint density at radius 2 is 1.97 bits per heavy atom. The van der Waals surface area contributed by atoms with E-state index in [1.807, 2.05) is 36.4 Å². The first-order chi connectivity index (χ1) is 14.0. The summed E-state index contributed by atoms with van der Waals surface area (Å²) in [5.74, 6) is -0.0550. The van der Waals surface area contributed by atoms with Gasteiger partial charge < -0.3 is 14.6 Å². The highest BCUT2D eigenvalue weighted by atomic mass is 35.5. The monoisotopic (exact) mass is 473 g/mol. The van der Waals surface area contributed by atoms with Crippen molar-refractivity contribution in [3.8, 4) is 5.75 Å². The number of nitrogens with zero attached hydrogens (tertiary/aromatic N) is 1. The molecule has 0 amide bonds. The molecular weight excluding hydrogens is 449 g/mol. The molecule has 1 N–H and O–H groups in total. The van der Waals surface area contributed by atoms with Crippen LogP contribution in [-0.2, 0) is 22.6 Å². The molecule has 30 heavy (non-hydrogen) atoms. The zero-order valence-electron chi connectivity index (χ0n) is 16.8. The summed E-state index contributed by atoms with van der Waals surface area (Å²) in [5, 5.41) is 10.1. The van der Waals surface area contributed by atoms with Gasteiger partial charge in [0.25, 0.3) is 0 Å². The predicted molar refractivity (Wildman–Crippen MR) is 121 cm³/mol. The number of rotatable bonds is 8. The first-order valence-electron chi connectivity index (χ1n) is 9.72. The lowest BCUT2D eigenvalue weighted by atomic mass is 10.1. The summed E-state index contributed by atoms with van der Waals surface area (Å²) >= 11 is 12.7. The number of aliphatic carboxylic acids is 1. The second-order valence-corrected chi connectivity index (χ2v) is 7.80. The van der Waals surface area contributed by atoms with E-state index in [-0.39, 0.29) is 24.9 Å². The quantitative estimate of drug-likeness (QED) is 0.555. The van der Waals surface area contributed by atoms with E-state index in [4.69, 9.17) is 37.8 Å². The zero-order valence-corrected chi connectivity index (χ0v) is 19.1. The minimum absolute atomic E-state index is 0. The van der Waals surface area contributed by atoms with Gasteiger partial charge in [0.2, 0.25) is 0 Å². The molecule has 164 valence electrons. The van der Waals surface area contributed by atoms with E-state index in [9.17, 15) is 4.79 Å². The molecule has 3 rings (SSSR count). The minimum atomic E-state index is -0.778. The molecule has 1 aliphatic rings. The number of carbonyl (C=O) groups is 1. The molecule has 1 heterocycles. The number of benzene rings is 2. The third-order valence-corrected chi connectivity index (χ3v) is 5.90. The van der Waals surface area contributed by atoms with E-state index < -0.39 is 5.97 Å². The van der Waals surface area contributed by atoms with Crippen molar-refractivity contribution in [2.24, 2.45) is 0 Å². The first kappa shape index (κ1) is 24.8. The molecule has 0 aliphatic carbocycles. The van der Waals surface area contributed by atoms with Crippen molar-refractivity contribution in [3.05, 3.63) is 63.1 Å². The van der Waals surface area contributed by atoms with Crippen LogP contribution < -0.4 is 4.74 Å². The molecular formula is C22H26Cl3NO4. The maximum Gasteiger partial charge on any atom is 0.304 e. The van der Waals surface area contributed by atoms with E-state index in [2.05, 4.69) is 11.8 Å². The van der Waals surface area contributed by atoms with Crippen LogP contribution in [0.4, 0.5) is 0 Å². The standard InChI is InChI=1S/C22H25Cl2NO4.ClH/c1-2-15-5-8-19(23)18(22(15)24)14-29-17-6-3-16(4-7-17)20-13-25(11-12-28-20)10-9-21(26)27;/h3-8,20H,2,9-14H2,1H3,(H,26,27);1H. The van der Waals surface area contributed by atoms with E-state index >= 15 is 0 Å². The number of halogens is 3. The molecule has 2 aromatic rings. The number of carboxylic acid groups (broad SMARTS) is 1. The van der Waals surface area contributed by atoms with Crippen molar-refractivity contribution in [1.29, 1.82) is 0 Å². The van der Waals surface area contributed by atoms with Gasteiger partial charge in [-0.3, -0.25) is 9.69 Å². The summed E-state index contributed by atoms with van der Waals surface area (Å²) in [6.45, 7) is 4.91. The van der Waals surface area contributed by atoms with Crippen LogP contribution in [0, 0.1) is 0 Å². The molecule has 0 bridgehead atoms. The SMILES string of the molecule is CCc1ccc(Cl)c(COc2ccc(C3CN(CCC(=O)O)CCO3)cc2)c1Cl.Cl. The van der Waals surface area contributed by atoms with Gasteiger partial charge in [-0.2, -0.15) is 0 Å². The zero-order chi connectivity index (χ0) is 20.8. The number of hydrogen-bond donors (Lipinski definition) is 1. The number of aryl methyl sites for hydroxylation is 1. The van der Waals surface area contributed by atoms with Crippen LogP contribution in [0.3, 0.4) is 0 Å². The maximum atomic E-state index is 10.8. The summed E-state index contributed by atoms with van der Waals surface area (Å²) in [6.07, 6.45) is 0.906. The molecule has 5 nitrogen and oxygen atoms in total. The summed E-state index contributed by atoms with van der Waals surface area (Å²) < 4.78 is 11.8. The van der Waals surface area contributed by atoms with Crippen molar-refractivity contribution in [2.45, 2.75) is 32.5 Å². The molecule has 0 aromatic heterocycles. The number of ether oxygens (including phenoxy) is 2. The average molecular weight is 475 g/mol. The van der Waals surface area contributed by atoms with Crippen molar-refractivity contribution in [2.75, 3.05) is 26.2 Å². The topological polar surface area (TPSA) is 59.0 Å². The Labute approximate surface area is 193 Å². The fraction of sp³-hybridized carbons (Fsp3) is 0.409. The third kappa shape index (κ3) is 6.50. The first-order valence-corrected chi connectivity index (χ1v) is 10.5. The Morgan fingerprint density at radius 3 is 2.63 bits per heavy atom. The summed E-state index contributed by atoms with van der Waals surface area (Å²) in [6, 6.07) is 11.6. The van der Waals surface area contributed by atoms with Gasteiger partial charge in [0.15, 0.2) is 0 Å². The van der Waals surface area contributed by atoms with Crippen molar-refractivity contribution in [3.63, 3.8) is 0 Å². The Kier molecular flexibility index (Phi) is 9.72. The summed E-state index contributed by atoms with van der Waals surface area (Å²) in [7, 11) is 0. The van der Waals surface area contributed by atoms with Crippen LogP contribution in [0.25, 0.3) is 0 Å². The van der Waals surface area contributed by atoms with E-state index in [0.717, 1.165) is 35.4 Å². The molecule has 0 spiro atoms. The van der Waals surface area contributed by atoms with Crippen LogP contribution in [-0.4, -0.2) is 42.2 Å². The Balaban J connectivity index is 0.00000320. The minimum Gasteiger partial charge on any atom is -0.489 e. The van der Waals surface area contributed by atoms with Gasteiger partial charge in [-0.15, -0.1) is 12.4 Å². The molecule has 1 fully saturated rings. The molecule has 1 saturated heterocycles. The summed E-state index contributed by atoms with van der Waals surface area (Å²) in [4.78, 5) is 12.9. The maximum absolute atomic E-state index is 10.8. The fourth-order valence-corrected chi connectivity index (χ4v) is 3.96. The summed E-state index contributed by atoms with van der Waals surface area (Å²) in [5.41, 5.74) is 2.88. The highest BCUT2D eigenvalue weighted by Crippen LogP contribution is 2.30. The van der Waals surface area contributed by atoms with Crippen molar-refractivity contribution in [1.82, 2.24) is 4.90 Å². The lowest BCUT2D eigenvalue weighted by Crippen LogP contribution is -2.39. The Bertz CT molecular complexity index is 845. The van der Waals surface area contributed by atoms with Crippen molar-refractivity contribution < 1.29 is 19.4 Å². The van der Waals surface area contributed by atoms with E-state index in [1.54, 1.807) is 0 Å². The largest absolute Gasteiger partial charge is 0.489 e.